The second-order valence-electron chi connectivity index (χ2n) is 4.14. The second kappa shape index (κ2) is 7.50. The zero-order valence-corrected chi connectivity index (χ0v) is 10.7. The van der Waals surface area contributed by atoms with Crippen LogP contribution in [0.15, 0.2) is 30.3 Å². The molecule has 98 valence electrons. The molecule has 0 spiro atoms. The highest BCUT2D eigenvalue weighted by Crippen LogP contribution is 2.13. The SMILES string of the molecule is COc1cccc(C=CC(=O)NCC(C)CO)c1. The number of ether oxygens (including phenoxy) is 1. The summed E-state index contributed by atoms with van der Waals surface area (Å²) in [6.07, 6.45) is 3.19. The van der Waals surface area contributed by atoms with Crippen molar-refractivity contribution >= 4 is 12.0 Å². The lowest BCUT2D eigenvalue weighted by Crippen LogP contribution is -2.27. The number of hydrogen-bond donors (Lipinski definition) is 2. The van der Waals surface area contributed by atoms with E-state index in [4.69, 9.17) is 9.84 Å². The molecule has 18 heavy (non-hydrogen) atoms. The average molecular weight is 249 g/mol. The van der Waals surface area contributed by atoms with Crippen molar-refractivity contribution in [2.24, 2.45) is 5.92 Å². The van der Waals surface area contributed by atoms with Gasteiger partial charge < -0.3 is 15.2 Å². The maximum Gasteiger partial charge on any atom is 0.244 e. The zero-order chi connectivity index (χ0) is 13.4. The Morgan fingerprint density at radius 1 is 1.56 bits per heavy atom. The number of nitrogens with one attached hydrogen (secondary N) is 1. The van der Waals surface area contributed by atoms with Crippen LogP contribution >= 0.6 is 0 Å². The van der Waals surface area contributed by atoms with Crippen LogP contribution in [0, 0.1) is 5.92 Å². The normalized spacial score (nSPS) is 12.4. The maximum absolute atomic E-state index is 11.5. The van der Waals surface area contributed by atoms with Crippen LogP contribution in [0.25, 0.3) is 6.08 Å². The molecule has 0 aromatic heterocycles. The van der Waals surface area contributed by atoms with Gasteiger partial charge >= 0.3 is 0 Å². The number of methoxy groups -OCH3 is 1. The van der Waals surface area contributed by atoms with Gasteiger partial charge in [0.25, 0.3) is 0 Å². The van der Waals surface area contributed by atoms with Crippen LogP contribution in [0.4, 0.5) is 0 Å². The summed E-state index contributed by atoms with van der Waals surface area (Å²) < 4.78 is 5.09. The molecular formula is C14H19NO3. The van der Waals surface area contributed by atoms with E-state index in [0.717, 1.165) is 11.3 Å². The molecule has 1 aromatic carbocycles. The Morgan fingerprint density at radius 3 is 3.00 bits per heavy atom. The van der Waals surface area contributed by atoms with Crippen LogP contribution < -0.4 is 10.1 Å². The molecule has 4 nitrogen and oxygen atoms in total. The second-order valence-corrected chi connectivity index (χ2v) is 4.14. The summed E-state index contributed by atoms with van der Waals surface area (Å²) in [5.41, 5.74) is 0.903. The van der Waals surface area contributed by atoms with Crippen LogP contribution in [0.1, 0.15) is 12.5 Å². The van der Waals surface area contributed by atoms with Gasteiger partial charge in [-0.1, -0.05) is 19.1 Å². The predicted molar refractivity (Wildman–Crippen MR) is 71.3 cm³/mol. The van der Waals surface area contributed by atoms with Crippen LogP contribution in [0.3, 0.4) is 0 Å². The molecule has 0 heterocycles. The lowest BCUT2D eigenvalue weighted by atomic mass is 10.2. The number of carbonyl (C=O) groups excluding carboxylic acids is 1. The fourth-order valence-corrected chi connectivity index (χ4v) is 1.32. The molecule has 0 aliphatic carbocycles. The summed E-state index contributed by atoms with van der Waals surface area (Å²) in [5.74, 6) is 0.656. The molecule has 1 unspecified atom stereocenters. The third kappa shape index (κ3) is 5.01. The minimum Gasteiger partial charge on any atom is -0.497 e. The van der Waals surface area contributed by atoms with Gasteiger partial charge in [0.1, 0.15) is 5.75 Å². The van der Waals surface area contributed by atoms with Crippen molar-refractivity contribution in [3.05, 3.63) is 35.9 Å². The highest BCUT2D eigenvalue weighted by atomic mass is 16.5. The van der Waals surface area contributed by atoms with Gasteiger partial charge in [-0.05, 0) is 29.7 Å². The largest absolute Gasteiger partial charge is 0.497 e. The first-order chi connectivity index (χ1) is 8.65. The number of aliphatic hydroxyl groups is 1. The van der Waals surface area contributed by atoms with Gasteiger partial charge in [0.05, 0.1) is 7.11 Å². The number of amides is 1. The molecule has 1 aromatic rings. The quantitative estimate of drug-likeness (QED) is 0.750. The van der Waals surface area contributed by atoms with Crippen molar-refractivity contribution in [3.8, 4) is 5.75 Å². The first-order valence-corrected chi connectivity index (χ1v) is 5.86. The molecule has 1 rings (SSSR count). The minimum absolute atomic E-state index is 0.0687. The molecule has 0 bridgehead atoms. The molecule has 2 N–H and O–H groups in total. The lowest BCUT2D eigenvalue weighted by Gasteiger charge is -2.07. The fraction of sp³-hybridized carbons (Fsp3) is 0.357. The molecule has 1 amide bonds. The smallest absolute Gasteiger partial charge is 0.244 e. The summed E-state index contributed by atoms with van der Waals surface area (Å²) in [6, 6.07) is 7.45. The summed E-state index contributed by atoms with van der Waals surface area (Å²) >= 11 is 0. The number of rotatable bonds is 6. The van der Waals surface area contributed by atoms with Crippen molar-refractivity contribution in [2.75, 3.05) is 20.3 Å². The molecule has 4 heteroatoms. The summed E-state index contributed by atoms with van der Waals surface area (Å²) in [5, 5.41) is 11.5. The van der Waals surface area contributed by atoms with Gasteiger partial charge in [0.15, 0.2) is 0 Å². The number of carbonyl (C=O) groups is 1. The van der Waals surface area contributed by atoms with E-state index in [9.17, 15) is 4.79 Å². The molecule has 0 fully saturated rings. The molecule has 0 aliphatic heterocycles. The Balaban J connectivity index is 2.50. The summed E-state index contributed by atoms with van der Waals surface area (Å²) in [4.78, 5) is 11.5. The number of benzene rings is 1. The van der Waals surface area contributed by atoms with Gasteiger partial charge in [-0.2, -0.15) is 0 Å². The lowest BCUT2D eigenvalue weighted by molar-refractivity contribution is -0.116. The van der Waals surface area contributed by atoms with Crippen molar-refractivity contribution in [1.82, 2.24) is 5.32 Å². The van der Waals surface area contributed by atoms with Crippen LogP contribution in [-0.2, 0) is 4.79 Å². The Morgan fingerprint density at radius 2 is 2.33 bits per heavy atom. The third-order valence-corrected chi connectivity index (χ3v) is 2.46. The topological polar surface area (TPSA) is 58.6 Å². The van der Waals surface area contributed by atoms with E-state index in [-0.39, 0.29) is 18.4 Å². The van der Waals surface area contributed by atoms with Crippen molar-refractivity contribution in [1.29, 1.82) is 0 Å². The van der Waals surface area contributed by atoms with E-state index < -0.39 is 0 Å². The molecule has 0 radical (unpaired) electrons. The number of aliphatic hydroxyl groups excluding tert-OH is 1. The summed E-state index contributed by atoms with van der Waals surface area (Å²) in [7, 11) is 1.60. The van der Waals surface area contributed by atoms with Crippen molar-refractivity contribution in [3.63, 3.8) is 0 Å². The van der Waals surface area contributed by atoms with Gasteiger partial charge in [-0.3, -0.25) is 4.79 Å². The predicted octanol–water partition coefficient (Wildman–Crippen LogP) is 1.45. The highest BCUT2D eigenvalue weighted by Gasteiger charge is 2.01. The Bertz CT molecular complexity index is 415. The molecule has 0 aliphatic rings. The Labute approximate surface area is 107 Å². The van der Waals surface area contributed by atoms with Gasteiger partial charge in [0, 0.05) is 19.2 Å². The molecule has 1 atom stereocenters. The monoisotopic (exact) mass is 249 g/mol. The average Bonchev–Trinajstić information content (AvgIpc) is 2.42. The summed E-state index contributed by atoms with van der Waals surface area (Å²) in [6.45, 7) is 2.41. The Hall–Kier alpha value is -1.81. The van der Waals surface area contributed by atoms with Gasteiger partial charge in [-0.15, -0.1) is 0 Å². The van der Waals surface area contributed by atoms with Crippen LogP contribution in [0.2, 0.25) is 0 Å². The van der Waals surface area contributed by atoms with Crippen LogP contribution in [0.5, 0.6) is 5.75 Å². The van der Waals surface area contributed by atoms with E-state index in [1.807, 2.05) is 31.2 Å². The Kier molecular flexibility index (Phi) is 5.94. The van der Waals surface area contributed by atoms with Crippen molar-refractivity contribution in [2.45, 2.75) is 6.92 Å². The minimum atomic E-state index is -0.168. The first-order valence-electron chi connectivity index (χ1n) is 5.86. The van der Waals surface area contributed by atoms with Gasteiger partial charge in [-0.25, -0.2) is 0 Å². The fourth-order valence-electron chi connectivity index (χ4n) is 1.32. The van der Waals surface area contributed by atoms with E-state index in [1.54, 1.807) is 13.2 Å². The molecule has 0 saturated carbocycles. The van der Waals surface area contributed by atoms with E-state index >= 15 is 0 Å². The maximum atomic E-state index is 11.5. The third-order valence-electron chi connectivity index (χ3n) is 2.46. The molecular weight excluding hydrogens is 230 g/mol. The first kappa shape index (κ1) is 14.3. The molecule has 0 saturated heterocycles. The van der Waals surface area contributed by atoms with E-state index in [1.165, 1.54) is 6.08 Å². The number of hydrogen-bond acceptors (Lipinski definition) is 3. The highest BCUT2D eigenvalue weighted by molar-refractivity contribution is 5.91. The standard InChI is InChI=1S/C14H19NO3/c1-11(10-16)9-15-14(17)7-6-12-4-3-5-13(8-12)18-2/h3-8,11,16H,9-10H2,1-2H3,(H,15,17). The van der Waals surface area contributed by atoms with E-state index in [2.05, 4.69) is 5.32 Å². The van der Waals surface area contributed by atoms with Gasteiger partial charge in [0.2, 0.25) is 5.91 Å². The van der Waals surface area contributed by atoms with E-state index in [0.29, 0.717) is 6.54 Å². The van der Waals surface area contributed by atoms with Crippen molar-refractivity contribution < 1.29 is 14.6 Å². The zero-order valence-electron chi connectivity index (χ0n) is 10.7. The van der Waals surface area contributed by atoms with Crippen LogP contribution in [-0.4, -0.2) is 31.3 Å².